The van der Waals surface area contributed by atoms with Crippen LogP contribution in [0.3, 0.4) is 0 Å². The first-order chi connectivity index (χ1) is 19.7. The minimum Gasteiger partial charge on any atom is -0.480 e. The van der Waals surface area contributed by atoms with Crippen molar-refractivity contribution < 1.29 is 23.1 Å². The number of thioether (sulfide) groups is 1. The molecular formula is C31H45N3O5S2. The number of hydrogen-bond donors (Lipinski definition) is 3. The van der Waals surface area contributed by atoms with Crippen LogP contribution in [0.4, 0.5) is 0 Å². The molecule has 2 aromatic carbocycles. The third-order valence-electron chi connectivity index (χ3n) is 7.85. The molecule has 0 bridgehead atoms. The highest BCUT2D eigenvalue weighted by molar-refractivity contribution is 7.98. The first-order valence-electron chi connectivity index (χ1n) is 14.6. The molecule has 0 aromatic heterocycles. The van der Waals surface area contributed by atoms with Crippen molar-refractivity contribution in [2.75, 3.05) is 30.9 Å². The number of sulfonamides is 1. The maximum Gasteiger partial charge on any atom is 0.326 e. The molecule has 1 saturated carbocycles. The average Bonchev–Trinajstić information content (AvgIpc) is 2.96. The zero-order valence-electron chi connectivity index (χ0n) is 24.3. The van der Waals surface area contributed by atoms with Crippen molar-refractivity contribution in [1.29, 1.82) is 0 Å². The topological polar surface area (TPSA) is 130 Å². The van der Waals surface area contributed by atoms with Gasteiger partial charge in [-0.05, 0) is 85.0 Å². The molecule has 8 nitrogen and oxygen atoms in total. The van der Waals surface area contributed by atoms with Crippen LogP contribution in [0.5, 0.6) is 0 Å². The summed E-state index contributed by atoms with van der Waals surface area (Å²) in [5.74, 6) is -0.383. The van der Waals surface area contributed by atoms with Crippen molar-refractivity contribution in [3.63, 3.8) is 0 Å². The lowest BCUT2D eigenvalue weighted by atomic mass is 9.87. The van der Waals surface area contributed by atoms with Crippen LogP contribution in [0.1, 0.15) is 72.9 Å². The number of amides is 1. The van der Waals surface area contributed by atoms with Crippen molar-refractivity contribution >= 4 is 33.7 Å². The van der Waals surface area contributed by atoms with E-state index in [4.69, 9.17) is 5.73 Å². The number of benzene rings is 2. The van der Waals surface area contributed by atoms with Crippen LogP contribution in [0, 0.1) is 12.8 Å². The predicted molar refractivity (Wildman–Crippen MR) is 168 cm³/mol. The zero-order chi connectivity index (χ0) is 29.8. The predicted octanol–water partition coefficient (Wildman–Crippen LogP) is 5.05. The number of rotatable bonds is 16. The summed E-state index contributed by atoms with van der Waals surface area (Å²) in [7, 11) is -3.52. The summed E-state index contributed by atoms with van der Waals surface area (Å²) in [4.78, 5) is 25.2. The summed E-state index contributed by atoms with van der Waals surface area (Å²) in [6, 6.07) is 12.0. The molecule has 0 radical (unpaired) electrons. The fraction of sp³-hybridized carbons (Fsp3) is 0.548. The Kier molecular flexibility index (Phi) is 13.2. The van der Waals surface area contributed by atoms with E-state index in [0.29, 0.717) is 48.7 Å². The van der Waals surface area contributed by atoms with Crippen LogP contribution >= 0.6 is 11.8 Å². The molecule has 226 valence electrons. The minimum atomic E-state index is -3.52. The SMILES string of the molecule is CSCC[C@H](NC(=O)c1ccc(CN(CCC2CCCCC2)S(=O)(=O)CCCN)cc1-c1ccccc1C)C(=O)O. The van der Waals surface area contributed by atoms with Gasteiger partial charge in [0.2, 0.25) is 10.0 Å². The Balaban J connectivity index is 1.94. The summed E-state index contributed by atoms with van der Waals surface area (Å²) in [6.45, 7) is 2.92. The smallest absolute Gasteiger partial charge is 0.326 e. The van der Waals surface area contributed by atoms with Gasteiger partial charge >= 0.3 is 5.97 Å². The highest BCUT2D eigenvalue weighted by Crippen LogP contribution is 2.30. The first-order valence-corrected chi connectivity index (χ1v) is 17.6. The molecule has 2 aromatic rings. The van der Waals surface area contributed by atoms with E-state index in [1.165, 1.54) is 31.0 Å². The molecular weight excluding hydrogens is 558 g/mol. The quantitative estimate of drug-likeness (QED) is 0.245. The highest BCUT2D eigenvalue weighted by atomic mass is 32.2. The van der Waals surface area contributed by atoms with Crippen LogP contribution in [0.2, 0.25) is 0 Å². The van der Waals surface area contributed by atoms with Gasteiger partial charge in [0.25, 0.3) is 5.91 Å². The maximum atomic E-state index is 13.4. The Morgan fingerprint density at radius 1 is 1.12 bits per heavy atom. The second kappa shape index (κ2) is 16.3. The van der Waals surface area contributed by atoms with Gasteiger partial charge in [-0.2, -0.15) is 16.1 Å². The van der Waals surface area contributed by atoms with E-state index >= 15 is 0 Å². The number of nitrogens with one attached hydrogen (secondary N) is 1. The summed E-state index contributed by atoms with van der Waals surface area (Å²) >= 11 is 1.52. The second-order valence-electron chi connectivity index (χ2n) is 10.9. The van der Waals surface area contributed by atoms with Crippen molar-refractivity contribution in [2.24, 2.45) is 11.7 Å². The van der Waals surface area contributed by atoms with Crippen molar-refractivity contribution in [2.45, 2.75) is 70.9 Å². The van der Waals surface area contributed by atoms with Gasteiger partial charge in [-0.1, -0.05) is 62.4 Å². The lowest BCUT2D eigenvalue weighted by Gasteiger charge is -2.27. The Bertz CT molecular complexity index is 1260. The molecule has 0 unspecified atom stereocenters. The van der Waals surface area contributed by atoms with Gasteiger partial charge in [0, 0.05) is 18.7 Å². The number of carbonyl (C=O) groups excluding carboxylic acids is 1. The molecule has 1 aliphatic rings. The third kappa shape index (κ3) is 9.84. The molecule has 1 fully saturated rings. The Hall–Kier alpha value is -2.40. The van der Waals surface area contributed by atoms with Gasteiger partial charge < -0.3 is 16.2 Å². The van der Waals surface area contributed by atoms with Gasteiger partial charge in [0.05, 0.1) is 5.75 Å². The number of nitrogens with two attached hydrogens (primary N) is 1. The van der Waals surface area contributed by atoms with Gasteiger partial charge in [0.15, 0.2) is 0 Å². The Morgan fingerprint density at radius 2 is 1.85 bits per heavy atom. The Morgan fingerprint density at radius 3 is 2.51 bits per heavy atom. The lowest BCUT2D eigenvalue weighted by molar-refractivity contribution is -0.139. The van der Waals surface area contributed by atoms with Crippen molar-refractivity contribution in [1.82, 2.24) is 9.62 Å². The average molecular weight is 604 g/mol. The number of nitrogens with zero attached hydrogens (tertiary/aromatic N) is 1. The minimum absolute atomic E-state index is 0.00588. The molecule has 4 N–H and O–H groups in total. The van der Waals surface area contributed by atoms with Gasteiger partial charge in [-0.3, -0.25) is 4.79 Å². The molecule has 1 aliphatic carbocycles. The van der Waals surface area contributed by atoms with Crippen LogP contribution in [-0.2, 0) is 21.4 Å². The first kappa shape index (κ1) is 33.1. The molecule has 0 saturated heterocycles. The molecule has 0 heterocycles. The van der Waals surface area contributed by atoms with E-state index in [0.717, 1.165) is 36.0 Å². The molecule has 0 spiro atoms. The molecule has 1 amide bonds. The van der Waals surface area contributed by atoms with E-state index in [1.807, 2.05) is 43.5 Å². The standard InChI is InChI=1S/C31H45N3O5S2/c1-23-9-6-7-12-26(23)28-21-25(13-14-27(28)30(35)33-29(31(36)37)16-19-40-2)22-34(41(38,39)20-8-17-32)18-15-24-10-4-3-5-11-24/h6-7,9,12-14,21,24,29H,3-5,8,10-11,15-20,22,32H2,1-2H3,(H,33,35)(H,36,37)/t29-/m0/s1. The number of aryl methyl sites for hydroxylation is 1. The number of hydrogen-bond acceptors (Lipinski definition) is 6. The third-order valence-corrected chi connectivity index (χ3v) is 10.4. The van der Waals surface area contributed by atoms with E-state index < -0.39 is 27.9 Å². The molecule has 3 rings (SSSR count). The number of carboxylic acids is 1. The van der Waals surface area contributed by atoms with Gasteiger partial charge in [-0.25, -0.2) is 13.2 Å². The fourth-order valence-corrected chi connectivity index (χ4v) is 7.42. The maximum absolute atomic E-state index is 13.4. The number of carboxylic acid groups (broad SMARTS) is 1. The summed E-state index contributed by atoms with van der Waals surface area (Å²) in [5.41, 5.74) is 9.23. The number of carbonyl (C=O) groups is 2. The van der Waals surface area contributed by atoms with Crippen molar-refractivity contribution in [3.05, 3.63) is 59.2 Å². The summed E-state index contributed by atoms with van der Waals surface area (Å²) in [5, 5.41) is 12.3. The van der Waals surface area contributed by atoms with Crippen LogP contribution in [0.15, 0.2) is 42.5 Å². The van der Waals surface area contributed by atoms with E-state index in [2.05, 4.69) is 5.32 Å². The molecule has 0 aliphatic heterocycles. The lowest BCUT2D eigenvalue weighted by Crippen LogP contribution is -2.41. The fourth-order valence-electron chi connectivity index (χ4n) is 5.43. The zero-order valence-corrected chi connectivity index (χ0v) is 25.9. The second-order valence-corrected chi connectivity index (χ2v) is 14.0. The van der Waals surface area contributed by atoms with Crippen LogP contribution in [-0.4, -0.2) is 66.6 Å². The summed E-state index contributed by atoms with van der Waals surface area (Å²) < 4.78 is 28.3. The van der Waals surface area contributed by atoms with Gasteiger partial charge in [0.1, 0.15) is 6.04 Å². The molecule has 41 heavy (non-hydrogen) atoms. The molecule has 1 atom stereocenters. The van der Waals surface area contributed by atoms with Crippen molar-refractivity contribution in [3.8, 4) is 11.1 Å². The van der Waals surface area contributed by atoms with E-state index in [9.17, 15) is 23.1 Å². The normalized spacial score (nSPS) is 15.1. The van der Waals surface area contributed by atoms with Crippen LogP contribution < -0.4 is 11.1 Å². The number of aliphatic carboxylic acids is 1. The Labute approximate surface area is 249 Å². The highest BCUT2D eigenvalue weighted by Gasteiger charge is 2.26. The van der Waals surface area contributed by atoms with E-state index in [-0.39, 0.29) is 12.3 Å². The van der Waals surface area contributed by atoms with Gasteiger partial charge in [-0.15, -0.1) is 0 Å². The largest absolute Gasteiger partial charge is 0.480 e. The summed E-state index contributed by atoms with van der Waals surface area (Å²) in [6.07, 6.45) is 9.39. The molecule has 10 heteroatoms. The van der Waals surface area contributed by atoms with E-state index in [1.54, 1.807) is 16.4 Å². The monoisotopic (exact) mass is 603 g/mol. The van der Waals surface area contributed by atoms with Crippen LogP contribution in [0.25, 0.3) is 11.1 Å².